The molecule has 0 aromatic heterocycles. The Balaban J connectivity index is 2.01. The first-order valence-electron chi connectivity index (χ1n) is 7.27. The van der Waals surface area contributed by atoms with E-state index in [1.807, 2.05) is 12.1 Å². The lowest BCUT2D eigenvalue weighted by molar-refractivity contribution is 0.236. The molecule has 0 radical (unpaired) electrons. The summed E-state index contributed by atoms with van der Waals surface area (Å²) in [5.41, 5.74) is 8.52. The summed E-state index contributed by atoms with van der Waals surface area (Å²) in [7, 11) is 1.66. The third-order valence-electron chi connectivity index (χ3n) is 4.72. The van der Waals surface area contributed by atoms with E-state index in [0.717, 1.165) is 18.0 Å². The van der Waals surface area contributed by atoms with Crippen LogP contribution in [0.2, 0.25) is 0 Å². The monoisotopic (exact) mass is 262 g/mol. The van der Waals surface area contributed by atoms with Gasteiger partial charge >= 0.3 is 0 Å². The first kappa shape index (κ1) is 14.2. The van der Waals surface area contributed by atoms with Crippen molar-refractivity contribution in [3.05, 3.63) is 23.8 Å². The fourth-order valence-electron chi connectivity index (χ4n) is 3.13. The molecule has 1 saturated heterocycles. The van der Waals surface area contributed by atoms with E-state index in [1.54, 1.807) is 7.11 Å². The number of nitrogen functional groups attached to an aromatic ring is 1. The molecule has 0 saturated carbocycles. The summed E-state index contributed by atoms with van der Waals surface area (Å²) in [6.07, 6.45) is 3.89. The maximum absolute atomic E-state index is 5.97. The number of ether oxygens (including phenoxy) is 1. The van der Waals surface area contributed by atoms with Gasteiger partial charge in [-0.2, -0.15) is 0 Å². The van der Waals surface area contributed by atoms with Gasteiger partial charge in [-0.15, -0.1) is 0 Å². The molecular weight excluding hydrogens is 236 g/mol. The van der Waals surface area contributed by atoms with Crippen molar-refractivity contribution in [1.82, 2.24) is 4.90 Å². The predicted octanol–water partition coefficient (Wildman–Crippen LogP) is 3.29. The van der Waals surface area contributed by atoms with Gasteiger partial charge in [-0.05, 0) is 48.9 Å². The summed E-state index contributed by atoms with van der Waals surface area (Å²) < 4.78 is 5.20. The quantitative estimate of drug-likeness (QED) is 0.828. The van der Waals surface area contributed by atoms with Crippen LogP contribution in [0.4, 0.5) is 5.69 Å². The van der Waals surface area contributed by atoms with Gasteiger partial charge < -0.3 is 10.5 Å². The molecule has 106 valence electrons. The first-order valence-corrected chi connectivity index (χ1v) is 7.27. The number of methoxy groups -OCH3 is 1. The highest BCUT2D eigenvalue weighted by molar-refractivity contribution is 5.54. The fourth-order valence-corrected chi connectivity index (χ4v) is 3.13. The van der Waals surface area contributed by atoms with E-state index in [1.165, 1.54) is 37.9 Å². The molecule has 2 rings (SSSR count). The molecule has 0 bridgehead atoms. The van der Waals surface area contributed by atoms with Gasteiger partial charge in [0.1, 0.15) is 5.75 Å². The van der Waals surface area contributed by atoms with Crippen molar-refractivity contribution in [2.24, 2.45) is 5.41 Å². The third-order valence-corrected chi connectivity index (χ3v) is 4.72. The molecule has 1 aromatic carbocycles. The Labute approximate surface area is 116 Å². The molecule has 3 heteroatoms. The lowest BCUT2D eigenvalue weighted by atomic mass is 9.82. The van der Waals surface area contributed by atoms with Gasteiger partial charge in [0, 0.05) is 13.1 Å². The molecular formula is C16H26N2O. The van der Waals surface area contributed by atoms with Gasteiger partial charge in [-0.25, -0.2) is 0 Å². The number of benzene rings is 1. The van der Waals surface area contributed by atoms with Crippen LogP contribution in [-0.4, -0.2) is 25.1 Å². The molecule has 2 N–H and O–H groups in total. The molecule has 3 nitrogen and oxygen atoms in total. The Hall–Kier alpha value is -1.22. The van der Waals surface area contributed by atoms with E-state index in [0.29, 0.717) is 5.41 Å². The first-order chi connectivity index (χ1) is 9.12. The minimum Gasteiger partial charge on any atom is -0.495 e. The molecule has 0 atom stereocenters. The van der Waals surface area contributed by atoms with Crippen molar-refractivity contribution >= 4 is 5.69 Å². The molecule has 19 heavy (non-hydrogen) atoms. The van der Waals surface area contributed by atoms with Gasteiger partial charge in [0.15, 0.2) is 0 Å². The molecule has 1 heterocycles. The minimum atomic E-state index is 0.540. The number of rotatable bonds is 5. The summed E-state index contributed by atoms with van der Waals surface area (Å²) in [5, 5.41) is 0. The predicted molar refractivity (Wildman–Crippen MR) is 80.3 cm³/mol. The Morgan fingerprint density at radius 3 is 2.58 bits per heavy atom. The summed E-state index contributed by atoms with van der Waals surface area (Å²) in [5.74, 6) is 0.765. The largest absolute Gasteiger partial charge is 0.495 e. The van der Waals surface area contributed by atoms with Gasteiger partial charge in [0.2, 0.25) is 0 Å². The Morgan fingerprint density at radius 1 is 1.32 bits per heavy atom. The highest BCUT2D eigenvalue weighted by Gasteiger charge is 2.34. The highest BCUT2D eigenvalue weighted by atomic mass is 16.5. The molecule has 0 unspecified atom stereocenters. The topological polar surface area (TPSA) is 38.5 Å². The fraction of sp³-hybridized carbons (Fsp3) is 0.625. The van der Waals surface area contributed by atoms with Crippen LogP contribution in [0.25, 0.3) is 0 Å². The second-order valence-corrected chi connectivity index (χ2v) is 5.74. The maximum Gasteiger partial charge on any atom is 0.141 e. The standard InChI is InChI=1S/C16H26N2O/c1-4-16(5-2)8-9-18(12-16)11-13-6-7-15(19-3)14(17)10-13/h6-7,10H,4-5,8-9,11-12,17H2,1-3H3. The van der Waals surface area contributed by atoms with Crippen LogP contribution in [0, 0.1) is 5.41 Å². The zero-order chi connectivity index (χ0) is 13.9. The van der Waals surface area contributed by atoms with Crippen LogP contribution in [0.5, 0.6) is 5.75 Å². The van der Waals surface area contributed by atoms with Gasteiger partial charge in [0.25, 0.3) is 0 Å². The molecule has 1 aromatic rings. The summed E-state index contributed by atoms with van der Waals surface area (Å²) in [6.45, 7) is 8.05. The van der Waals surface area contributed by atoms with Crippen molar-refractivity contribution in [1.29, 1.82) is 0 Å². The smallest absolute Gasteiger partial charge is 0.141 e. The van der Waals surface area contributed by atoms with E-state index >= 15 is 0 Å². The van der Waals surface area contributed by atoms with E-state index in [2.05, 4.69) is 24.8 Å². The van der Waals surface area contributed by atoms with Crippen molar-refractivity contribution in [3.8, 4) is 5.75 Å². The number of nitrogens with two attached hydrogens (primary N) is 1. The molecule has 1 fully saturated rings. The van der Waals surface area contributed by atoms with Crippen LogP contribution in [0.3, 0.4) is 0 Å². The van der Waals surface area contributed by atoms with Crippen molar-refractivity contribution in [2.45, 2.75) is 39.7 Å². The van der Waals surface area contributed by atoms with Crippen LogP contribution < -0.4 is 10.5 Å². The molecule has 0 amide bonds. The Morgan fingerprint density at radius 2 is 2.05 bits per heavy atom. The SMILES string of the molecule is CCC1(CC)CCN(Cc2ccc(OC)c(N)c2)C1. The van der Waals surface area contributed by atoms with Crippen LogP contribution >= 0.6 is 0 Å². The molecule has 1 aliphatic heterocycles. The number of nitrogens with zero attached hydrogens (tertiary/aromatic N) is 1. The Bertz CT molecular complexity index is 427. The van der Waals surface area contributed by atoms with Crippen molar-refractivity contribution in [2.75, 3.05) is 25.9 Å². The van der Waals surface area contributed by atoms with Crippen molar-refractivity contribution < 1.29 is 4.74 Å². The average Bonchev–Trinajstić information content (AvgIpc) is 2.83. The lowest BCUT2D eigenvalue weighted by Crippen LogP contribution is -2.26. The van der Waals surface area contributed by atoms with Gasteiger partial charge in [-0.1, -0.05) is 19.9 Å². The number of anilines is 1. The molecule has 0 spiro atoms. The van der Waals surface area contributed by atoms with Crippen molar-refractivity contribution in [3.63, 3.8) is 0 Å². The normalized spacial score (nSPS) is 18.7. The van der Waals surface area contributed by atoms with Crippen LogP contribution in [0.15, 0.2) is 18.2 Å². The zero-order valence-electron chi connectivity index (χ0n) is 12.4. The highest BCUT2D eigenvalue weighted by Crippen LogP contribution is 2.37. The second-order valence-electron chi connectivity index (χ2n) is 5.74. The average molecular weight is 262 g/mol. The van der Waals surface area contributed by atoms with Gasteiger partial charge in [0.05, 0.1) is 12.8 Å². The summed E-state index contributed by atoms with van der Waals surface area (Å²) >= 11 is 0. The minimum absolute atomic E-state index is 0.540. The van der Waals surface area contributed by atoms with E-state index < -0.39 is 0 Å². The number of hydrogen-bond donors (Lipinski definition) is 1. The zero-order valence-corrected chi connectivity index (χ0v) is 12.4. The van der Waals surface area contributed by atoms with Gasteiger partial charge in [-0.3, -0.25) is 4.90 Å². The van der Waals surface area contributed by atoms with Crippen LogP contribution in [-0.2, 0) is 6.54 Å². The number of hydrogen-bond acceptors (Lipinski definition) is 3. The molecule has 0 aliphatic carbocycles. The Kier molecular flexibility index (Phi) is 4.35. The van der Waals surface area contributed by atoms with Crippen LogP contribution in [0.1, 0.15) is 38.7 Å². The maximum atomic E-state index is 5.97. The third kappa shape index (κ3) is 3.03. The lowest BCUT2D eigenvalue weighted by Gasteiger charge is -2.26. The van der Waals surface area contributed by atoms with E-state index in [9.17, 15) is 0 Å². The summed E-state index contributed by atoms with van der Waals surface area (Å²) in [4.78, 5) is 2.55. The summed E-state index contributed by atoms with van der Waals surface area (Å²) in [6, 6.07) is 6.12. The second kappa shape index (κ2) is 5.83. The van der Waals surface area contributed by atoms with E-state index in [4.69, 9.17) is 10.5 Å². The van der Waals surface area contributed by atoms with E-state index in [-0.39, 0.29) is 0 Å². The number of likely N-dealkylation sites (tertiary alicyclic amines) is 1. The molecule has 1 aliphatic rings.